The van der Waals surface area contributed by atoms with Gasteiger partial charge in [0.2, 0.25) is 5.91 Å². The Balaban J connectivity index is 1.48. The lowest BCUT2D eigenvalue weighted by Crippen LogP contribution is -2.37. The van der Waals surface area contributed by atoms with Crippen molar-refractivity contribution in [2.45, 2.75) is 93.9 Å². The van der Waals surface area contributed by atoms with E-state index < -0.39 is 9.84 Å². The minimum atomic E-state index is -3.61. The normalized spacial score (nSPS) is 16.8. The van der Waals surface area contributed by atoms with E-state index in [2.05, 4.69) is 5.32 Å². The van der Waals surface area contributed by atoms with Gasteiger partial charge in [0.05, 0.1) is 10.6 Å². The van der Waals surface area contributed by atoms with Crippen LogP contribution in [0.15, 0.2) is 59.6 Å². The molecule has 1 aliphatic rings. The Morgan fingerprint density at radius 1 is 0.861 bits per heavy atom. The number of hydrogen-bond donors (Lipinski definition) is 1. The molecule has 0 bridgehead atoms. The second-order valence-corrected chi connectivity index (χ2v) is 12.4. The first kappa shape index (κ1) is 26.7. The number of nitrogens with zero attached hydrogens (tertiary/aromatic N) is 1. The third-order valence-electron chi connectivity index (χ3n) is 7.14. The van der Waals surface area contributed by atoms with Gasteiger partial charge in [-0.15, -0.1) is 0 Å². The van der Waals surface area contributed by atoms with Gasteiger partial charge in [0.1, 0.15) is 6.54 Å². The number of para-hydroxylation sites is 1. The van der Waals surface area contributed by atoms with Crippen molar-refractivity contribution in [3.05, 3.63) is 65.3 Å². The van der Waals surface area contributed by atoms with Gasteiger partial charge in [0.25, 0.3) is 0 Å². The molecule has 0 aliphatic heterocycles. The molecule has 1 N–H and O–H groups in total. The number of amides is 1. The number of halogens is 1. The van der Waals surface area contributed by atoms with Gasteiger partial charge in [-0.1, -0.05) is 99.7 Å². The Morgan fingerprint density at radius 2 is 1.44 bits per heavy atom. The van der Waals surface area contributed by atoms with Crippen LogP contribution in [0.25, 0.3) is 10.9 Å². The number of benzene rings is 2. The maximum Gasteiger partial charge on any atom is 0.240 e. The third-order valence-corrected chi connectivity index (χ3v) is 9.10. The molecule has 1 aliphatic carbocycles. The first-order valence-electron chi connectivity index (χ1n) is 13.3. The zero-order valence-electron chi connectivity index (χ0n) is 20.9. The van der Waals surface area contributed by atoms with Crippen molar-refractivity contribution < 1.29 is 13.2 Å². The monoisotopic (exact) mass is 528 g/mol. The van der Waals surface area contributed by atoms with Crippen molar-refractivity contribution in [1.29, 1.82) is 0 Å². The van der Waals surface area contributed by atoms with Crippen molar-refractivity contribution in [2.24, 2.45) is 0 Å². The number of fused-ring (bicyclic) bond motifs is 1. The molecule has 0 spiro atoms. The molecule has 1 amide bonds. The quantitative estimate of drug-likeness (QED) is 0.372. The van der Waals surface area contributed by atoms with Crippen molar-refractivity contribution in [3.63, 3.8) is 0 Å². The van der Waals surface area contributed by atoms with Gasteiger partial charge >= 0.3 is 0 Å². The Kier molecular flexibility index (Phi) is 9.49. The van der Waals surface area contributed by atoms with Crippen LogP contribution in [-0.4, -0.2) is 24.9 Å². The summed E-state index contributed by atoms with van der Waals surface area (Å²) in [6.07, 6.45) is 14.9. The van der Waals surface area contributed by atoms with Gasteiger partial charge in [0, 0.05) is 28.2 Å². The maximum atomic E-state index is 13.4. The zero-order chi connectivity index (χ0) is 25.4. The van der Waals surface area contributed by atoms with Crippen LogP contribution in [0, 0.1) is 0 Å². The Hall–Kier alpha value is -2.31. The van der Waals surface area contributed by atoms with Crippen molar-refractivity contribution in [3.8, 4) is 0 Å². The molecule has 3 aromatic rings. The molecule has 194 valence electrons. The molecule has 4 rings (SSSR count). The summed E-state index contributed by atoms with van der Waals surface area (Å²) in [5.41, 5.74) is 1.43. The topological polar surface area (TPSA) is 68.2 Å². The van der Waals surface area contributed by atoms with E-state index in [9.17, 15) is 13.2 Å². The van der Waals surface area contributed by atoms with E-state index in [1.807, 2.05) is 24.3 Å². The van der Waals surface area contributed by atoms with E-state index in [1.54, 1.807) is 35.0 Å². The Labute approximate surface area is 220 Å². The fraction of sp³-hybridized carbons (Fsp3) is 0.483. The van der Waals surface area contributed by atoms with Crippen LogP contribution in [0.3, 0.4) is 0 Å². The Bertz CT molecular complexity index is 1240. The number of rotatable bonds is 6. The van der Waals surface area contributed by atoms with Gasteiger partial charge < -0.3 is 9.88 Å². The van der Waals surface area contributed by atoms with E-state index in [-0.39, 0.29) is 29.1 Å². The fourth-order valence-electron chi connectivity index (χ4n) is 5.21. The third kappa shape index (κ3) is 7.36. The summed E-state index contributed by atoms with van der Waals surface area (Å²) in [5.74, 6) is -0.179. The summed E-state index contributed by atoms with van der Waals surface area (Å²) in [6, 6.07) is 14.4. The highest BCUT2D eigenvalue weighted by molar-refractivity contribution is 7.90. The average molecular weight is 529 g/mol. The average Bonchev–Trinajstić information content (AvgIpc) is 3.21. The highest BCUT2D eigenvalue weighted by Crippen LogP contribution is 2.28. The lowest BCUT2D eigenvalue weighted by molar-refractivity contribution is -0.122. The zero-order valence-corrected chi connectivity index (χ0v) is 22.5. The smallest absolute Gasteiger partial charge is 0.240 e. The molecule has 0 saturated heterocycles. The summed E-state index contributed by atoms with van der Waals surface area (Å²) in [7, 11) is -3.61. The molecule has 7 heteroatoms. The fourth-order valence-corrected chi connectivity index (χ4v) is 6.91. The second kappa shape index (κ2) is 12.8. The van der Waals surface area contributed by atoms with Crippen molar-refractivity contribution in [1.82, 2.24) is 9.88 Å². The molecular weight excluding hydrogens is 492 g/mol. The van der Waals surface area contributed by atoms with Crippen molar-refractivity contribution in [2.75, 3.05) is 0 Å². The summed E-state index contributed by atoms with van der Waals surface area (Å²) in [6.45, 7) is 0.105. The van der Waals surface area contributed by atoms with Crippen LogP contribution in [0.4, 0.5) is 0 Å². The minimum absolute atomic E-state index is 0.0607. The summed E-state index contributed by atoms with van der Waals surface area (Å²) >= 11 is 5.96. The molecular formula is C29H37ClN2O3S. The predicted octanol–water partition coefficient (Wildman–Crippen LogP) is 7.06. The van der Waals surface area contributed by atoms with Crippen LogP contribution in [-0.2, 0) is 26.9 Å². The predicted molar refractivity (Wildman–Crippen MR) is 147 cm³/mol. The number of hydrogen-bond acceptors (Lipinski definition) is 3. The van der Waals surface area contributed by atoms with E-state index in [0.29, 0.717) is 16.0 Å². The van der Waals surface area contributed by atoms with Crippen LogP contribution in [0.5, 0.6) is 0 Å². The van der Waals surface area contributed by atoms with Gasteiger partial charge in [-0.05, 0) is 36.6 Å². The van der Waals surface area contributed by atoms with Crippen LogP contribution < -0.4 is 5.32 Å². The summed E-state index contributed by atoms with van der Waals surface area (Å²) in [4.78, 5) is 13.3. The number of carbonyl (C=O) groups is 1. The number of aromatic nitrogens is 1. The van der Waals surface area contributed by atoms with Crippen LogP contribution in [0.2, 0.25) is 5.02 Å². The molecule has 1 fully saturated rings. The van der Waals surface area contributed by atoms with Crippen molar-refractivity contribution >= 4 is 38.2 Å². The van der Waals surface area contributed by atoms with Gasteiger partial charge in [-0.25, -0.2) is 8.42 Å². The highest BCUT2D eigenvalue weighted by atomic mass is 35.5. The first-order valence-corrected chi connectivity index (χ1v) is 15.3. The number of sulfone groups is 1. The SMILES string of the molecule is O=C(Cn1cc(S(=O)(=O)Cc2ccc(Cl)cc2)c2ccccc21)NC1CCCCCCCCCCC1. The molecule has 1 aromatic heterocycles. The molecule has 36 heavy (non-hydrogen) atoms. The number of nitrogens with one attached hydrogen (secondary N) is 1. The second-order valence-electron chi connectivity index (χ2n) is 10.0. The lowest BCUT2D eigenvalue weighted by atomic mass is 9.98. The van der Waals surface area contributed by atoms with Crippen LogP contribution in [0.1, 0.15) is 76.2 Å². The Morgan fingerprint density at radius 3 is 2.08 bits per heavy atom. The van der Waals surface area contributed by atoms with Gasteiger partial charge in [-0.3, -0.25) is 4.79 Å². The van der Waals surface area contributed by atoms with Crippen LogP contribution >= 0.6 is 11.6 Å². The molecule has 0 radical (unpaired) electrons. The maximum absolute atomic E-state index is 13.4. The molecule has 0 unspecified atom stereocenters. The lowest BCUT2D eigenvalue weighted by Gasteiger charge is -2.20. The number of carbonyl (C=O) groups excluding carboxylic acids is 1. The molecule has 0 atom stereocenters. The molecule has 2 aromatic carbocycles. The first-order chi connectivity index (χ1) is 17.4. The largest absolute Gasteiger partial charge is 0.352 e. The minimum Gasteiger partial charge on any atom is -0.352 e. The van der Waals surface area contributed by atoms with E-state index in [0.717, 1.165) is 31.2 Å². The molecule has 1 saturated carbocycles. The van der Waals surface area contributed by atoms with E-state index in [1.165, 1.54) is 44.9 Å². The van der Waals surface area contributed by atoms with Gasteiger partial charge in [0.15, 0.2) is 9.84 Å². The summed E-state index contributed by atoms with van der Waals surface area (Å²) in [5, 5.41) is 4.47. The van der Waals surface area contributed by atoms with Gasteiger partial charge in [-0.2, -0.15) is 0 Å². The van der Waals surface area contributed by atoms with E-state index >= 15 is 0 Å². The van der Waals surface area contributed by atoms with E-state index in [4.69, 9.17) is 11.6 Å². The molecule has 1 heterocycles. The highest BCUT2D eigenvalue weighted by Gasteiger charge is 2.23. The summed E-state index contributed by atoms with van der Waals surface area (Å²) < 4.78 is 28.5. The standard InChI is InChI=1S/C29H37ClN2O3S/c30-24-18-16-23(17-19-24)22-36(34,35)28-20-32(27-15-11-10-14-26(27)28)21-29(33)31-25-12-8-6-4-2-1-3-5-7-9-13-25/h10-11,14-20,25H,1-9,12-13,21-22H2,(H,31,33). The molecule has 5 nitrogen and oxygen atoms in total.